The molecule has 2 amide bonds. The summed E-state index contributed by atoms with van der Waals surface area (Å²) in [6.45, 7) is 8.08. The lowest BCUT2D eigenvalue weighted by Crippen LogP contribution is -2.56. The number of halogens is 1. The zero-order chi connectivity index (χ0) is 12.7. The Morgan fingerprint density at radius 3 is 2.19 bits per heavy atom. The van der Waals surface area contributed by atoms with Crippen LogP contribution in [0.2, 0.25) is 0 Å². The van der Waals surface area contributed by atoms with Gasteiger partial charge in [0.1, 0.15) is 6.67 Å². The van der Waals surface area contributed by atoms with Gasteiger partial charge in [-0.3, -0.25) is 9.59 Å². The number of amides is 2. The fourth-order valence-corrected chi connectivity index (χ4v) is 1.50. The van der Waals surface area contributed by atoms with Crippen molar-refractivity contribution in [2.75, 3.05) is 26.3 Å². The fraction of sp³-hybridized carbons (Fsp3) is 0.818. The van der Waals surface area contributed by atoms with Gasteiger partial charge in [0.15, 0.2) is 0 Å². The quantitative estimate of drug-likeness (QED) is 0.683. The minimum Gasteiger partial charge on any atom is -0.330 e. The van der Waals surface area contributed by atoms with E-state index in [0.29, 0.717) is 13.1 Å². The Balaban J connectivity index is 0.00000106. The highest BCUT2D eigenvalue weighted by Crippen LogP contribution is 2.08. The molecule has 1 saturated heterocycles. The molecule has 16 heavy (non-hydrogen) atoms. The monoisotopic (exact) mass is 232 g/mol. The summed E-state index contributed by atoms with van der Waals surface area (Å²) in [5.74, 6) is -1.10. The molecule has 1 aliphatic heterocycles. The molecule has 0 aliphatic carbocycles. The van der Waals surface area contributed by atoms with Gasteiger partial charge in [-0.05, 0) is 13.8 Å². The summed E-state index contributed by atoms with van der Waals surface area (Å²) in [6, 6.07) is 0.0268. The van der Waals surface area contributed by atoms with E-state index in [1.807, 2.05) is 27.7 Å². The lowest BCUT2D eigenvalue weighted by molar-refractivity contribution is -0.157. The van der Waals surface area contributed by atoms with Crippen LogP contribution in [0.15, 0.2) is 0 Å². The molecule has 1 aliphatic rings. The second-order valence-electron chi connectivity index (χ2n) is 3.57. The summed E-state index contributed by atoms with van der Waals surface area (Å²) in [5, 5.41) is 0. The van der Waals surface area contributed by atoms with Crippen molar-refractivity contribution in [2.24, 2.45) is 0 Å². The number of hydrogen-bond donors (Lipinski definition) is 0. The number of hydrogen-bond acceptors (Lipinski definition) is 2. The topological polar surface area (TPSA) is 40.6 Å². The highest BCUT2D eigenvalue weighted by molar-refractivity contribution is 6.35. The second kappa shape index (κ2) is 7.19. The normalized spacial score (nSPS) is 16.4. The van der Waals surface area contributed by atoms with Crippen LogP contribution in [0.25, 0.3) is 0 Å². The Kier molecular flexibility index (Phi) is 6.69. The van der Waals surface area contributed by atoms with E-state index in [1.165, 1.54) is 9.80 Å². The van der Waals surface area contributed by atoms with Gasteiger partial charge >= 0.3 is 11.8 Å². The van der Waals surface area contributed by atoms with Gasteiger partial charge in [0.2, 0.25) is 0 Å². The highest BCUT2D eigenvalue weighted by atomic mass is 19.1. The molecule has 0 bridgehead atoms. The first-order valence-electron chi connectivity index (χ1n) is 5.73. The summed E-state index contributed by atoms with van der Waals surface area (Å²) in [4.78, 5) is 25.6. The van der Waals surface area contributed by atoms with Crippen LogP contribution in [0.4, 0.5) is 4.39 Å². The Morgan fingerprint density at radius 1 is 1.19 bits per heavy atom. The number of piperazine rings is 1. The van der Waals surface area contributed by atoms with Crippen molar-refractivity contribution in [3.8, 4) is 0 Å². The van der Waals surface area contributed by atoms with E-state index in [4.69, 9.17) is 0 Å². The molecule has 1 heterocycles. The Bertz CT molecular complexity index is 244. The van der Waals surface area contributed by atoms with Crippen LogP contribution in [0.5, 0.6) is 0 Å². The van der Waals surface area contributed by atoms with E-state index >= 15 is 0 Å². The van der Waals surface area contributed by atoms with E-state index in [-0.39, 0.29) is 12.6 Å². The Hall–Kier alpha value is -1.13. The summed E-state index contributed by atoms with van der Waals surface area (Å²) in [7, 11) is 0. The average Bonchev–Trinajstić information content (AvgIpc) is 2.27. The smallest absolute Gasteiger partial charge is 0.312 e. The lowest BCUT2D eigenvalue weighted by Gasteiger charge is -2.35. The van der Waals surface area contributed by atoms with Gasteiger partial charge in [-0.2, -0.15) is 0 Å². The zero-order valence-corrected chi connectivity index (χ0v) is 10.5. The molecular weight excluding hydrogens is 211 g/mol. The third-order valence-electron chi connectivity index (χ3n) is 2.32. The molecule has 1 fully saturated rings. The first-order chi connectivity index (χ1) is 7.57. The van der Waals surface area contributed by atoms with Gasteiger partial charge < -0.3 is 9.80 Å². The maximum Gasteiger partial charge on any atom is 0.312 e. The van der Waals surface area contributed by atoms with E-state index < -0.39 is 18.5 Å². The van der Waals surface area contributed by atoms with Crippen LogP contribution in [-0.4, -0.2) is 54.0 Å². The Labute approximate surface area is 96.4 Å². The molecule has 0 unspecified atom stereocenters. The molecule has 0 aromatic heterocycles. The fourth-order valence-electron chi connectivity index (χ4n) is 1.50. The number of alkyl halides is 1. The van der Waals surface area contributed by atoms with Crippen molar-refractivity contribution in [1.29, 1.82) is 0 Å². The molecule has 0 N–H and O–H groups in total. The number of rotatable bonds is 3. The summed E-state index contributed by atoms with van der Waals surface area (Å²) >= 11 is 0. The third-order valence-corrected chi connectivity index (χ3v) is 2.32. The van der Waals surface area contributed by atoms with Gasteiger partial charge in [0, 0.05) is 25.7 Å². The van der Waals surface area contributed by atoms with Crippen molar-refractivity contribution < 1.29 is 14.0 Å². The standard InChI is InChI=1S/C9H15FN2O2.C2H6/c1-7(2)12-6-5-11(4-3-10)8(13)9(12)14;1-2/h7H,3-6H2,1-2H3;1-2H3. The zero-order valence-electron chi connectivity index (χ0n) is 10.5. The van der Waals surface area contributed by atoms with E-state index in [9.17, 15) is 14.0 Å². The van der Waals surface area contributed by atoms with Crippen molar-refractivity contribution in [3.63, 3.8) is 0 Å². The van der Waals surface area contributed by atoms with Gasteiger partial charge in [-0.1, -0.05) is 13.8 Å². The van der Waals surface area contributed by atoms with Crippen LogP contribution in [0.1, 0.15) is 27.7 Å². The molecular formula is C11H21FN2O2. The molecule has 0 saturated carbocycles. The number of carbonyl (C=O) groups is 2. The third kappa shape index (κ3) is 3.47. The van der Waals surface area contributed by atoms with Crippen LogP contribution in [0, 0.1) is 0 Å². The highest BCUT2D eigenvalue weighted by Gasteiger charge is 2.33. The molecule has 0 spiro atoms. The van der Waals surface area contributed by atoms with E-state index in [0.717, 1.165) is 0 Å². The minimum atomic E-state index is -0.597. The Morgan fingerprint density at radius 2 is 1.75 bits per heavy atom. The average molecular weight is 232 g/mol. The van der Waals surface area contributed by atoms with Crippen molar-refractivity contribution in [3.05, 3.63) is 0 Å². The lowest BCUT2D eigenvalue weighted by atomic mass is 10.2. The SMILES string of the molecule is CC.CC(C)N1CCN(CCF)C(=O)C1=O. The van der Waals surface area contributed by atoms with Crippen molar-refractivity contribution >= 4 is 11.8 Å². The first kappa shape index (κ1) is 14.9. The molecule has 0 aromatic rings. The number of carbonyl (C=O) groups excluding carboxylic acids is 2. The summed E-state index contributed by atoms with van der Waals surface area (Å²) in [6.07, 6.45) is 0. The van der Waals surface area contributed by atoms with E-state index in [1.54, 1.807) is 0 Å². The van der Waals surface area contributed by atoms with Gasteiger partial charge in [0.25, 0.3) is 0 Å². The van der Waals surface area contributed by atoms with Crippen LogP contribution >= 0.6 is 0 Å². The molecule has 4 nitrogen and oxygen atoms in total. The molecule has 94 valence electrons. The summed E-state index contributed by atoms with van der Waals surface area (Å²) in [5.41, 5.74) is 0. The predicted octanol–water partition coefficient (Wildman–Crippen LogP) is 1.06. The number of nitrogens with zero attached hydrogens (tertiary/aromatic N) is 2. The maximum absolute atomic E-state index is 12.0. The largest absolute Gasteiger partial charge is 0.330 e. The first-order valence-corrected chi connectivity index (χ1v) is 5.73. The van der Waals surface area contributed by atoms with Crippen molar-refractivity contribution in [1.82, 2.24) is 9.80 Å². The van der Waals surface area contributed by atoms with Gasteiger partial charge in [-0.15, -0.1) is 0 Å². The van der Waals surface area contributed by atoms with E-state index in [2.05, 4.69) is 0 Å². The van der Waals surface area contributed by atoms with Gasteiger partial charge in [0.05, 0.1) is 0 Å². The molecule has 0 radical (unpaired) electrons. The maximum atomic E-state index is 12.0. The second-order valence-corrected chi connectivity index (χ2v) is 3.57. The predicted molar refractivity (Wildman–Crippen MR) is 60.8 cm³/mol. The van der Waals surface area contributed by atoms with Crippen LogP contribution in [0.3, 0.4) is 0 Å². The molecule has 0 aromatic carbocycles. The molecule has 1 rings (SSSR count). The van der Waals surface area contributed by atoms with Crippen molar-refractivity contribution in [2.45, 2.75) is 33.7 Å². The molecule has 0 atom stereocenters. The van der Waals surface area contributed by atoms with Crippen LogP contribution < -0.4 is 0 Å². The summed E-state index contributed by atoms with van der Waals surface area (Å²) < 4.78 is 12.0. The van der Waals surface area contributed by atoms with Crippen LogP contribution in [-0.2, 0) is 9.59 Å². The minimum absolute atomic E-state index is 0.0243. The molecule has 5 heteroatoms. The van der Waals surface area contributed by atoms with Gasteiger partial charge in [-0.25, -0.2) is 4.39 Å².